The topological polar surface area (TPSA) is 86.7 Å². The first-order valence-corrected chi connectivity index (χ1v) is 6.99. The molecule has 2 amide bonds. The second kappa shape index (κ2) is 7.02. The van der Waals surface area contributed by atoms with Crippen molar-refractivity contribution in [3.8, 4) is 0 Å². The molecule has 1 aliphatic rings. The van der Waals surface area contributed by atoms with Crippen molar-refractivity contribution in [3.63, 3.8) is 0 Å². The fraction of sp³-hybridized carbons (Fsp3) is 0.400. The van der Waals surface area contributed by atoms with Crippen molar-refractivity contribution in [1.82, 2.24) is 10.2 Å². The Morgan fingerprint density at radius 1 is 1.32 bits per heavy atom. The molecule has 1 heterocycles. The predicted molar refractivity (Wildman–Crippen MR) is 75.2 cm³/mol. The van der Waals surface area contributed by atoms with Gasteiger partial charge in [-0.25, -0.2) is 9.18 Å². The second-order valence-corrected chi connectivity index (χ2v) is 5.32. The lowest BCUT2D eigenvalue weighted by Crippen LogP contribution is -2.42. The smallest absolute Gasteiger partial charge is 0.394 e. The number of amides is 2. The van der Waals surface area contributed by atoms with Gasteiger partial charge >= 0.3 is 11.9 Å². The van der Waals surface area contributed by atoms with Crippen molar-refractivity contribution in [2.24, 2.45) is 5.92 Å². The van der Waals surface area contributed by atoms with Crippen LogP contribution in [0, 0.1) is 11.7 Å². The highest BCUT2D eigenvalue weighted by molar-refractivity contribution is 6.31. The zero-order valence-electron chi connectivity index (χ0n) is 11.9. The molecule has 2 N–H and O–H groups in total. The largest absolute Gasteiger partial charge is 0.474 e. The zero-order chi connectivity index (χ0) is 16.1. The average molecular weight is 308 g/mol. The predicted octanol–water partition coefficient (Wildman–Crippen LogP) is 0.765. The van der Waals surface area contributed by atoms with Gasteiger partial charge in [0.25, 0.3) is 0 Å². The summed E-state index contributed by atoms with van der Waals surface area (Å²) in [5.74, 6) is -3.00. The lowest BCUT2D eigenvalue weighted by molar-refractivity contribution is -0.150. The number of nitrogens with one attached hydrogen (secondary N) is 1. The molecule has 1 atom stereocenters. The maximum Gasteiger partial charge on any atom is 0.394 e. The molecule has 2 rings (SSSR count). The number of aliphatic carboxylic acids is 1. The van der Waals surface area contributed by atoms with Gasteiger partial charge < -0.3 is 15.3 Å². The van der Waals surface area contributed by atoms with Crippen molar-refractivity contribution in [3.05, 3.63) is 35.6 Å². The number of benzene rings is 1. The Kier molecular flexibility index (Phi) is 5.08. The molecule has 0 bridgehead atoms. The van der Waals surface area contributed by atoms with E-state index in [1.165, 1.54) is 12.1 Å². The molecule has 1 saturated heterocycles. The van der Waals surface area contributed by atoms with Gasteiger partial charge in [0.1, 0.15) is 5.82 Å². The number of halogens is 1. The van der Waals surface area contributed by atoms with E-state index >= 15 is 0 Å². The Hall–Kier alpha value is -2.44. The SMILES string of the molecule is O=C(O)C(=O)NCC1CCN(Cc2ccc(F)cc2)C(=O)C1. The van der Waals surface area contributed by atoms with Gasteiger partial charge in [0.15, 0.2) is 0 Å². The van der Waals surface area contributed by atoms with Crippen LogP contribution in [0.2, 0.25) is 0 Å². The van der Waals surface area contributed by atoms with E-state index in [1.807, 2.05) is 0 Å². The van der Waals surface area contributed by atoms with Gasteiger partial charge in [0, 0.05) is 26.1 Å². The van der Waals surface area contributed by atoms with Crippen molar-refractivity contribution in [2.75, 3.05) is 13.1 Å². The molecule has 0 radical (unpaired) electrons. The fourth-order valence-corrected chi connectivity index (χ4v) is 2.41. The third kappa shape index (κ3) is 4.28. The minimum absolute atomic E-state index is 0.0508. The Bertz CT molecular complexity index is 573. The highest BCUT2D eigenvalue weighted by Crippen LogP contribution is 2.19. The molecule has 1 fully saturated rings. The van der Waals surface area contributed by atoms with Gasteiger partial charge in [-0.1, -0.05) is 12.1 Å². The van der Waals surface area contributed by atoms with Gasteiger partial charge in [-0.05, 0) is 30.0 Å². The van der Waals surface area contributed by atoms with E-state index in [9.17, 15) is 18.8 Å². The summed E-state index contributed by atoms with van der Waals surface area (Å²) in [5.41, 5.74) is 0.854. The quantitative estimate of drug-likeness (QED) is 0.804. The summed E-state index contributed by atoms with van der Waals surface area (Å²) >= 11 is 0. The van der Waals surface area contributed by atoms with E-state index in [2.05, 4.69) is 5.32 Å². The number of carboxylic acids is 1. The number of nitrogens with zero attached hydrogens (tertiary/aromatic N) is 1. The van der Waals surface area contributed by atoms with Crippen LogP contribution in [0.5, 0.6) is 0 Å². The van der Waals surface area contributed by atoms with Crippen LogP contribution in [-0.2, 0) is 20.9 Å². The second-order valence-electron chi connectivity index (χ2n) is 5.32. The minimum Gasteiger partial charge on any atom is -0.474 e. The van der Waals surface area contributed by atoms with Crippen molar-refractivity contribution in [1.29, 1.82) is 0 Å². The van der Waals surface area contributed by atoms with Crippen LogP contribution in [0.3, 0.4) is 0 Å². The monoisotopic (exact) mass is 308 g/mol. The van der Waals surface area contributed by atoms with E-state index in [0.29, 0.717) is 19.5 Å². The molecule has 0 saturated carbocycles. The molecule has 1 unspecified atom stereocenters. The number of likely N-dealkylation sites (tertiary alicyclic amines) is 1. The number of carboxylic acid groups (broad SMARTS) is 1. The van der Waals surface area contributed by atoms with Gasteiger partial charge in [0.05, 0.1) is 0 Å². The van der Waals surface area contributed by atoms with Gasteiger partial charge in [-0.15, -0.1) is 0 Å². The van der Waals surface area contributed by atoms with Crippen LogP contribution >= 0.6 is 0 Å². The maximum absolute atomic E-state index is 12.8. The molecule has 22 heavy (non-hydrogen) atoms. The first-order valence-electron chi connectivity index (χ1n) is 6.99. The summed E-state index contributed by atoms with van der Waals surface area (Å²) in [7, 11) is 0. The van der Waals surface area contributed by atoms with E-state index in [4.69, 9.17) is 5.11 Å². The molecular formula is C15H17FN2O4. The van der Waals surface area contributed by atoms with Crippen LogP contribution in [-0.4, -0.2) is 40.9 Å². The standard InChI is InChI=1S/C15H17FN2O4/c16-12-3-1-10(2-4-12)9-18-6-5-11(7-13(18)19)8-17-14(20)15(21)22/h1-4,11H,5-9H2,(H,17,20)(H,21,22). The van der Waals surface area contributed by atoms with E-state index in [1.54, 1.807) is 17.0 Å². The third-order valence-electron chi connectivity index (χ3n) is 3.66. The lowest BCUT2D eigenvalue weighted by Gasteiger charge is -2.31. The van der Waals surface area contributed by atoms with Crippen LogP contribution in [0.1, 0.15) is 18.4 Å². The summed E-state index contributed by atoms with van der Waals surface area (Å²) in [6.45, 7) is 1.14. The zero-order valence-corrected chi connectivity index (χ0v) is 11.9. The highest BCUT2D eigenvalue weighted by Gasteiger charge is 2.26. The summed E-state index contributed by atoms with van der Waals surface area (Å²) in [5, 5.41) is 10.8. The number of hydrogen-bond acceptors (Lipinski definition) is 3. The van der Waals surface area contributed by atoms with Crippen molar-refractivity contribution < 1.29 is 23.9 Å². The third-order valence-corrected chi connectivity index (χ3v) is 3.66. The van der Waals surface area contributed by atoms with Crippen LogP contribution in [0.25, 0.3) is 0 Å². The van der Waals surface area contributed by atoms with E-state index < -0.39 is 11.9 Å². The molecule has 7 heteroatoms. The molecule has 0 spiro atoms. The van der Waals surface area contributed by atoms with Crippen molar-refractivity contribution in [2.45, 2.75) is 19.4 Å². The van der Waals surface area contributed by atoms with Gasteiger partial charge in [-0.2, -0.15) is 0 Å². The fourth-order valence-electron chi connectivity index (χ4n) is 2.41. The van der Waals surface area contributed by atoms with Crippen LogP contribution in [0.15, 0.2) is 24.3 Å². The molecule has 1 aromatic rings. The Balaban J connectivity index is 1.82. The van der Waals surface area contributed by atoms with E-state index in [-0.39, 0.29) is 30.6 Å². The summed E-state index contributed by atoms with van der Waals surface area (Å²) in [6, 6.07) is 5.99. The minimum atomic E-state index is -1.53. The molecular weight excluding hydrogens is 291 g/mol. The van der Waals surface area contributed by atoms with Crippen LogP contribution in [0.4, 0.5) is 4.39 Å². The molecule has 0 aliphatic carbocycles. The number of rotatable bonds is 4. The molecule has 1 aromatic carbocycles. The maximum atomic E-state index is 12.8. The Morgan fingerprint density at radius 2 is 2.00 bits per heavy atom. The molecule has 118 valence electrons. The highest BCUT2D eigenvalue weighted by atomic mass is 19.1. The molecule has 0 aromatic heterocycles. The molecule has 1 aliphatic heterocycles. The lowest BCUT2D eigenvalue weighted by atomic mass is 9.95. The molecule has 6 nitrogen and oxygen atoms in total. The number of carbonyl (C=O) groups is 3. The van der Waals surface area contributed by atoms with Crippen molar-refractivity contribution >= 4 is 17.8 Å². The summed E-state index contributed by atoms with van der Waals surface area (Å²) in [6.07, 6.45) is 0.952. The normalized spacial score (nSPS) is 18.1. The van der Waals surface area contributed by atoms with Gasteiger partial charge in [-0.3, -0.25) is 9.59 Å². The number of piperidine rings is 1. The average Bonchev–Trinajstić information content (AvgIpc) is 2.49. The summed E-state index contributed by atoms with van der Waals surface area (Å²) < 4.78 is 12.8. The number of carbonyl (C=O) groups excluding carboxylic acids is 2. The first kappa shape index (κ1) is 15.9. The summed E-state index contributed by atoms with van der Waals surface area (Å²) in [4.78, 5) is 35.1. The Labute approximate surface area is 126 Å². The number of hydrogen-bond donors (Lipinski definition) is 2. The van der Waals surface area contributed by atoms with Crippen LogP contribution < -0.4 is 5.32 Å². The first-order chi connectivity index (χ1) is 10.5. The van der Waals surface area contributed by atoms with E-state index in [0.717, 1.165) is 5.56 Å². The Morgan fingerprint density at radius 3 is 2.59 bits per heavy atom. The van der Waals surface area contributed by atoms with Gasteiger partial charge in [0.2, 0.25) is 5.91 Å².